The molecule has 6 heteroatoms. The molecule has 0 spiro atoms. The van der Waals surface area contributed by atoms with Crippen molar-refractivity contribution < 1.29 is 9.47 Å². The largest absolute Gasteiger partial charge is 0.379 e. The molecule has 1 aliphatic heterocycles. The van der Waals surface area contributed by atoms with Crippen molar-refractivity contribution in [2.75, 3.05) is 47.5 Å². The second kappa shape index (κ2) is 11.1. The fourth-order valence-electron chi connectivity index (χ4n) is 2.80. The average Bonchev–Trinajstić information content (AvgIpc) is 3.11. The van der Waals surface area contributed by atoms with E-state index in [-0.39, 0.29) is 6.10 Å². The third-order valence-corrected chi connectivity index (χ3v) is 4.13. The van der Waals surface area contributed by atoms with Crippen molar-refractivity contribution in [1.29, 1.82) is 0 Å². The summed E-state index contributed by atoms with van der Waals surface area (Å²) >= 11 is 0. The summed E-state index contributed by atoms with van der Waals surface area (Å²) in [4.78, 5) is 6.47. The van der Waals surface area contributed by atoms with Gasteiger partial charge in [0.25, 0.3) is 0 Å². The second-order valence-corrected chi connectivity index (χ2v) is 6.57. The summed E-state index contributed by atoms with van der Waals surface area (Å²) in [6.45, 7) is 4.86. The topological polar surface area (TPSA) is 58.1 Å². The lowest BCUT2D eigenvalue weighted by Crippen LogP contribution is -2.38. The van der Waals surface area contributed by atoms with Crippen LogP contribution in [-0.2, 0) is 22.6 Å². The quantitative estimate of drug-likeness (QED) is 0.403. The smallest absolute Gasteiger partial charge is 0.191 e. The molecule has 6 nitrogen and oxygen atoms in total. The fraction of sp³-hybridized carbons (Fsp3) is 0.632. The molecule has 2 rings (SSSR count). The van der Waals surface area contributed by atoms with Crippen LogP contribution in [0.5, 0.6) is 0 Å². The fourth-order valence-corrected chi connectivity index (χ4v) is 2.80. The van der Waals surface area contributed by atoms with Crippen LogP contribution in [0.2, 0.25) is 0 Å². The van der Waals surface area contributed by atoms with E-state index in [0.717, 1.165) is 58.3 Å². The number of rotatable bonds is 9. The van der Waals surface area contributed by atoms with E-state index in [4.69, 9.17) is 9.47 Å². The van der Waals surface area contributed by atoms with Crippen LogP contribution in [-0.4, -0.2) is 64.5 Å². The summed E-state index contributed by atoms with van der Waals surface area (Å²) in [6.07, 6.45) is 2.25. The zero-order valence-corrected chi connectivity index (χ0v) is 15.8. The monoisotopic (exact) mass is 348 g/mol. The number of hydrogen-bond donors (Lipinski definition) is 2. The molecule has 0 aliphatic carbocycles. The van der Waals surface area contributed by atoms with Gasteiger partial charge in [0.15, 0.2) is 5.96 Å². The van der Waals surface area contributed by atoms with Gasteiger partial charge in [-0.2, -0.15) is 0 Å². The SMILES string of the molecule is CN=C(NCCCOC1CCOC1)NCc1ccccc1CN(C)C. The molecule has 0 bridgehead atoms. The molecule has 0 saturated carbocycles. The number of hydrogen-bond acceptors (Lipinski definition) is 4. The molecule has 1 aromatic carbocycles. The van der Waals surface area contributed by atoms with E-state index in [1.807, 2.05) is 0 Å². The van der Waals surface area contributed by atoms with Gasteiger partial charge in [-0.3, -0.25) is 4.99 Å². The minimum absolute atomic E-state index is 0.283. The van der Waals surface area contributed by atoms with E-state index in [0.29, 0.717) is 0 Å². The standard InChI is InChI=1S/C19H32N4O2/c1-20-19(21-10-6-11-25-18-9-12-24-15-18)22-13-16-7-4-5-8-17(16)14-23(2)3/h4-5,7-8,18H,6,9-15H2,1-3H3,(H2,20,21,22). The van der Waals surface area contributed by atoms with Gasteiger partial charge in [0.1, 0.15) is 0 Å². The Labute approximate surface area is 151 Å². The van der Waals surface area contributed by atoms with E-state index in [1.54, 1.807) is 7.05 Å². The summed E-state index contributed by atoms with van der Waals surface area (Å²) in [7, 11) is 5.97. The molecule has 0 amide bonds. The molecule has 0 radical (unpaired) electrons. The summed E-state index contributed by atoms with van der Waals surface area (Å²) in [5.41, 5.74) is 2.63. The Kier molecular flexibility index (Phi) is 8.72. The third kappa shape index (κ3) is 7.42. The number of nitrogens with one attached hydrogen (secondary N) is 2. The highest BCUT2D eigenvalue weighted by molar-refractivity contribution is 5.79. The van der Waals surface area contributed by atoms with Crippen molar-refractivity contribution in [3.63, 3.8) is 0 Å². The Morgan fingerprint density at radius 2 is 2.08 bits per heavy atom. The van der Waals surface area contributed by atoms with Crippen LogP contribution in [0.25, 0.3) is 0 Å². The lowest BCUT2D eigenvalue weighted by molar-refractivity contribution is 0.0420. The molecule has 1 fully saturated rings. The van der Waals surface area contributed by atoms with Crippen LogP contribution >= 0.6 is 0 Å². The number of aliphatic imine (C=N–C) groups is 1. The van der Waals surface area contributed by atoms with Crippen LogP contribution in [0.15, 0.2) is 29.3 Å². The molecule has 140 valence electrons. The summed E-state index contributed by atoms with van der Waals surface area (Å²) < 4.78 is 11.1. The number of ether oxygens (including phenoxy) is 2. The predicted molar refractivity (Wildman–Crippen MR) is 102 cm³/mol. The third-order valence-electron chi connectivity index (χ3n) is 4.13. The van der Waals surface area contributed by atoms with Crippen molar-refractivity contribution in [2.45, 2.75) is 32.0 Å². The van der Waals surface area contributed by atoms with Crippen LogP contribution in [0.3, 0.4) is 0 Å². The highest BCUT2D eigenvalue weighted by atomic mass is 16.5. The minimum atomic E-state index is 0.283. The van der Waals surface area contributed by atoms with Gasteiger partial charge in [0.2, 0.25) is 0 Å². The molecule has 1 aromatic rings. The first-order valence-electron chi connectivity index (χ1n) is 9.04. The summed E-state index contributed by atoms with van der Waals surface area (Å²) in [6, 6.07) is 8.51. The molecule has 1 heterocycles. The maximum Gasteiger partial charge on any atom is 0.191 e. The molecule has 1 unspecified atom stereocenters. The van der Waals surface area contributed by atoms with Gasteiger partial charge < -0.3 is 25.0 Å². The molecule has 1 aliphatic rings. The van der Waals surface area contributed by atoms with Crippen LogP contribution in [0.4, 0.5) is 0 Å². The first kappa shape index (κ1) is 19.7. The summed E-state index contributed by atoms with van der Waals surface area (Å²) in [5, 5.41) is 6.73. The van der Waals surface area contributed by atoms with Gasteiger partial charge >= 0.3 is 0 Å². The zero-order valence-electron chi connectivity index (χ0n) is 15.8. The minimum Gasteiger partial charge on any atom is -0.379 e. The van der Waals surface area contributed by atoms with E-state index < -0.39 is 0 Å². The average molecular weight is 348 g/mol. The van der Waals surface area contributed by atoms with E-state index in [9.17, 15) is 0 Å². The van der Waals surface area contributed by atoms with Gasteiger partial charge in [-0.05, 0) is 38.1 Å². The maximum absolute atomic E-state index is 5.77. The second-order valence-electron chi connectivity index (χ2n) is 6.57. The molecule has 0 aromatic heterocycles. The number of nitrogens with zero attached hydrogens (tertiary/aromatic N) is 2. The first-order valence-corrected chi connectivity index (χ1v) is 9.04. The van der Waals surface area contributed by atoms with E-state index >= 15 is 0 Å². The molecular weight excluding hydrogens is 316 g/mol. The Morgan fingerprint density at radius 1 is 1.28 bits per heavy atom. The van der Waals surface area contributed by atoms with E-state index in [2.05, 4.69) is 58.9 Å². The van der Waals surface area contributed by atoms with Crippen LogP contribution in [0.1, 0.15) is 24.0 Å². The number of benzene rings is 1. The number of guanidine groups is 1. The van der Waals surface area contributed by atoms with Crippen molar-refractivity contribution in [3.8, 4) is 0 Å². The molecule has 1 saturated heterocycles. The predicted octanol–water partition coefficient (Wildman–Crippen LogP) is 1.61. The van der Waals surface area contributed by atoms with Gasteiger partial charge in [-0.15, -0.1) is 0 Å². The lowest BCUT2D eigenvalue weighted by Gasteiger charge is -2.16. The lowest BCUT2D eigenvalue weighted by atomic mass is 10.1. The zero-order chi connectivity index (χ0) is 17.9. The highest BCUT2D eigenvalue weighted by Crippen LogP contribution is 2.10. The molecule has 1 atom stereocenters. The summed E-state index contributed by atoms with van der Waals surface area (Å²) in [5.74, 6) is 0.823. The van der Waals surface area contributed by atoms with Crippen molar-refractivity contribution in [1.82, 2.24) is 15.5 Å². The molecular formula is C19H32N4O2. The Morgan fingerprint density at radius 3 is 2.76 bits per heavy atom. The Balaban J connectivity index is 1.68. The van der Waals surface area contributed by atoms with Crippen molar-refractivity contribution in [3.05, 3.63) is 35.4 Å². The van der Waals surface area contributed by atoms with Gasteiger partial charge in [0.05, 0.1) is 12.7 Å². The van der Waals surface area contributed by atoms with Gasteiger partial charge in [-0.25, -0.2) is 0 Å². The van der Waals surface area contributed by atoms with Crippen LogP contribution in [0, 0.1) is 0 Å². The molecule has 2 N–H and O–H groups in total. The Hall–Kier alpha value is -1.63. The van der Waals surface area contributed by atoms with Crippen molar-refractivity contribution in [2.24, 2.45) is 4.99 Å². The normalized spacial score (nSPS) is 17.9. The first-order chi connectivity index (χ1) is 12.2. The van der Waals surface area contributed by atoms with Crippen molar-refractivity contribution >= 4 is 5.96 Å². The van der Waals surface area contributed by atoms with Gasteiger partial charge in [-0.1, -0.05) is 24.3 Å². The Bertz CT molecular complexity index is 528. The highest BCUT2D eigenvalue weighted by Gasteiger charge is 2.15. The maximum atomic E-state index is 5.77. The molecule has 25 heavy (non-hydrogen) atoms. The van der Waals surface area contributed by atoms with Crippen LogP contribution < -0.4 is 10.6 Å². The van der Waals surface area contributed by atoms with E-state index in [1.165, 1.54) is 11.1 Å². The van der Waals surface area contributed by atoms with Gasteiger partial charge in [0, 0.05) is 39.9 Å².